The third-order valence-electron chi connectivity index (χ3n) is 0. The molecule has 6 heavy (non-hydrogen) atoms. The number of hydrogen-bond donors (Lipinski definition) is 1. The minimum Gasteiger partial charge on any atom is -0.344 e. The summed E-state index contributed by atoms with van der Waals surface area (Å²) in [7, 11) is -6.61. The molecule has 0 unspecified atom stereocenters. The normalized spacial score (nSPS) is 12.7. The van der Waals surface area contributed by atoms with Gasteiger partial charge in [0, 0.05) is 0 Å². The molecule has 0 aromatic rings. The van der Waals surface area contributed by atoms with E-state index in [9.17, 15) is 16.8 Å². The minimum absolute atomic E-state index is 0. The van der Waals surface area contributed by atoms with Crippen molar-refractivity contribution in [2.24, 2.45) is 0 Å². The van der Waals surface area contributed by atoms with Crippen LogP contribution in [0.4, 0.5) is 16.8 Å². The van der Waals surface area contributed by atoms with Crippen LogP contribution in [0.2, 0.25) is 0 Å². The second-order valence-electron chi connectivity index (χ2n) is 0.429. The van der Waals surface area contributed by atoms with E-state index in [0.717, 1.165) is 0 Å². The predicted octanol–water partition coefficient (Wildman–Crippen LogP) is 2.44. The Kier molecular flexibility index (Phi) is 3.64. The summed E-state index contributed by atoms with van der Waals surface area (Å²) < 4.78 is 39.3. The molecule has 0 aromatic heterocycles. The van der Waals surface area contributed by atoms with E-state index in [0.29, 0.717) is 0 Å². The summed E-state index contributed by atoms with van der Waals surface area (Å²) in [5, 5.41) is 0. The van der Waals surface area contributed by atoms with Gasteiger partial charge in [0.05, 0.1) is 0 Å². The maximum Gasteiger partial charge on any atom is -0.344 e. The van der Waals surface area contributed by atoms with Gasteiger partial charge in [-0.1, -0.05) is 0 Å². The topological polar surface area (TPSA) is 35.0 Å². The first-order valence-corrected chi connectivity index (χ1v) is 2.27. The molecule has 0 aliphatic heterocycles. The summed E-state index contributed by atoms with van der Waals surface area (Å²) in [6.45, 7) is 0. The van der Waals surface area contributed by atoms with Crippen molar-refractivity contribution in [1.29, 1.82) is 0 Å². The van der Waals surface area contributed by atoms with Crippen molar-refractivity contribution < 1.29 is 16.8 Å². The average molecular weight is 125 g/mol. The van der Waals surface area contributed by atoms with Crippen molar-refractivity contribution in [3.8, 4) is 0 Å². The fourth-order valence-electron chi connectivity index (χ4n) is 0. The van der Waals surface area contributed by atoms with Gasteiger partial charge < -0.3 is 6.15 Å². The summed E-state index contributed by atoms with van der Waals surface area (Å²) in [5.74, 6) is 0. The molecule has 1 nitrogen and oxygen atoms in total. The Labute approximate surface area is 32.7 Å². The third kappa shape index (κ3) is 3290. The van der Waals surface area contributed by atoms with Gasteiger partial charge in [-0.15, -0.1) is 0 Å². The van der Waals surface area contributed by atoms with E-state index in [4.69, 9.17) is 0 Å². The van der Waals surface area contributed by atoms with Crippen LogP contribution >= 0.6 is 8.51 Å². The van der Waals surface area contributed by atoms with Gasteiger partial charge in [-0.05, 0) is 0 Å². The van der Waals surface area contributed by atoms with Gasteiger partial charge in [0.15, 0.2) is 0 Å². The van der Waals surface area contributed by atoms with Crippen LogP contribution in [0.3, 0.4) is 0 Å². The van der Waals surface area contributed by atoms with Crippen LogP contribution < -0.4 is 6.15 Å². The van der Waals surface area contributed by atoms with Crippen LogP contribution in [0.5, 0.6) is 0 Å². The fraction of sp³-hybridized carbons (Fsp3) is 0. The van der Waals surface area contributed by atoms with E-state index in [-0.39, 0.29) is 6.15 Å². The summed E-state index contributed by atoms with van der Waals surface area (Å²) >= 11 is 0. The second-order valence-corrected chi connectivity index (χ2v) is 1.29. The number of halogens is 4. The summed E-state index contributed by atoms with van der Waals surface area (Å²) in [6.07, 6.45) is 0. The van der Waals surface area contributed by atoms with Gasteiger partial charge in [0.25, 0.3) is 0 Å². The fourth-order valence-corrected chi connectivity index (χ4v) is 0. The molecule has 0 rings (SSSR count). The average Bonchev–Trinajstić information content (AvgIpc) is 0.722. The first-order chi connectivity index (χ1) is 2.00. The van der Waals surface area contributed by atoms with E-state index >= 15 is 0 Å². The van der Waals surface area contributed by atoms with Crippen LogP contribution in [0.15, 0.2) is 0 Å². The standard InChI is InChI=1S/F4HP.H3N/c1-5(2,3)4;/h5H;1H3. The van der Waals surface area contributed by atoms with Crippen molar-refractivity contribution in [1.82, 2.24) is 6.15 Å². The zero-order valence-corrected chi connectivity index (χ0v) is 3.72. The molecule has 0 saturated heterocycles. The molecule has 0 fully saturated rings. The van der Waals surface area contributed by atoms with E-state index < -0.39 is 8.51 Å². The van der Waals surface area contributed by atoms with Crippen LogP contribution in [0.1, 0.15) is 0 Å². The first-order valence-electron chi connectivity index (χ1n) is 0.756. The van der Waals surface area contributed by atoms with Crippen molar-refractivity contribution in [2.75, 3.05) is 0 Å². The quantitative estimate of drug-likeness (QED) is 0.391. The Bertz CT molecular complexity index is 23.0. The van der Waals surface area contributed by atoms with E-state index in [1.54, 1.807) is 0 Å². The molecule has 0 aliphatic rings. The second kappa shape index (κ2) is 2.31. The van der Waals surface area contributed by atoms with Crippen molar-refractivity contribution in [2.45, 2.75) is 0 Å². The van der Waals surface area contributed by atoms with Crippen molar-refractivity contribution >= 4 is 8.51 Å². The van der Waals surface area contributed by atoms with Gasteiger partial charge in [-0.2, -0.15) is 0 Å². The van der Waals surface area contributed by atoms with Crippen LogP contribution in [0, 0.1) is 0 Å². The molecule has 0 amide bonds. The third-order valence-corrected chi connectivity index (χ3v) is 0. The maximum atomic E-state index is 9.83. The molecular formula is H4F4NP. The summed E-state index contributed by atoms with van der Waals surface area (Å²) in [4.78, 5) is 0. The molecule has 3 N–H and O–H groups in total. The Morgan fingerprint density at radius 2 is 0.833 bits per heavy atom. The van der Waals surface area contributed by atoms with Gasteiger partial charge in [0.2, 0.25) is 0 Å². The predicted molar refractivity (Wildman–Crippen MR) is 17.8 cm³/mol. The van der Waals surface area contributed by atoms with Crippen LogP contribution in [-0.2, 0) is 0 Å². The van der Waals surface area contributed by atoms with Crippen LogP contribution in [0.25, 0.3) is 0 Å². The molecule has 0 aliphatic carbocycles. The molecule has 0 spiro atoms. The van der Waals surface area contributed by atoms with Gasteiger partial charge in [-0.25, -0.2) is 0 Å². The largest absolute Gasteiger partial charge is 0.344 e. The Morgan fingerprint density at radius 3 is 0.833 bits per heavy atom. The van der Waals surface area contributed by atoms with E-state index in [1.165, 1.54) is 0 Å². The molecule has 0 bridgehead atoms. The molecule has 0 heterocycles. The Morgan fingerprint density at radius 1 is 0.833 bits per heavy atom. The maximum absolute atomic E-state index is 9.83. The van der Waals surface area contributed by atoms with Crippen molar-refractivity contribution in [3.05, 3.63) is 0 Å². The van der Waals surface area contributed by atoms with Gasteiger partial charge >= 0.3 is 25.3 Å². The Balaban J connectivity index is 0. The van der Waals surface area contributed by atoms with Gasteiger partial charge in [0.1, 0.15) is 0 Å². The van der Waals surface area contributed by atoms with Gasteiger partial charge in [-0.3, -0.25) is 0 Å². The SMILES string of the molecule is F[PH](F)(F)F.N. The zero-order valence-electron chi connectivity index (χ0n) is 2.72. The molecule has 42 valence electrons. The van der Waals surface area contributed by atoms with Crippen LogP contribution in [-0.4, -0.2) is 0 Å². The smallest absolute Gasteiger partial charge is 0.344 e. The zero-order chi connectivity index (χ0) is 4.50. The Hall–Kier alpha value is 0.110. The number of rotatable bonds is 0. The minimum atomic E-state index is -6.61. The summed E-state index contributed by atoms with van der Waals surface area (Å²) in [6, 6.07) is 0. The summed E-state index contributed by atoms with van der Waals surface area (Å²) in [5.41, 5.74) is 0. The first kappa shape index (κ1) is 9.44. The number of hydrogen-bond acceptors (Lipinski definition) is 1. The molecule has 0 radical (unpaired) electrons. The molecule has 0 saturated carbocycles. The monoisotopic (exact) mass is 125 g/mol. The molecule has 6 heteroatoms. The van der Waals surface area contributed by atoms with Crippen molar-refractivity contribution in [3.63, 3.8) is 0 Å². The molecule has 0 atom stereocenters. The molecular weight excluding hydrogens is 121 g/mol. The van der Waals surface area contributed by atoms with E-state index in [1.807, 2.05) is 0 Å². The molecule has 0 aromatic carbocycles. The van der Waals surface area contributed by atoms with E-state index in [2.05, 4.69) is 0 Å².